The second kappa shape index (κ2) is 15.0. The van der Waals surface area contributed by atoms with Crippen LogP contribution in [-0.2, 0) is 29.1 Å². The third kappa shape index (κ3) is 8.24. The molecule has 3 aliphatic heterocycles. The highest BCUT2D eigenvalue weighted by molar-refractivity contribution is 7.91. The van der Waals surface area contributed by atoms with Gasteiger partial charge in [-0.2, -0.15) is 0 Å². The molecule has 57 heavy (non-hydrogen) atoms. The lowest BCUT2D eigenvalue weighted by molar-refractivity contribution is -0.142. The van der Waals surface area contributed by atoms with Crippen molar-refractivity contribution in [1.82, 2.24) is 30.1 Å². The zero-order valence-corrected chi connectivity index (χ0v) is 34.0. The summed E-state index contributed by atoms with van der Waals surface area (Å²) in [6.45, 7) is 7.01. The Balaban J connectivity index is 1.17. The first kappa shape index (κ1) is 40.6. The minimum absolute atomic E-state index is 0.0630. The van der Waals surface area contributed by atoms with E-state index in [0.29, 0.717) is 36.9 Å². The van der Waals surface area contributed by atoms with E-state index in [1.165, 1.54) is 17.0 Å². The Labute approximate surface area is 334 Å². The molecule has 0 radical (unpaired) electrons. The van der Waals surface area contributed by atoms with Crippen LogP contribution in [0.5, 0.6) is 5.75 Å². The third-order valence-electron chi connectivity index (χ3n) is 11.8. The van der Waals surface area contributed by atoms with Gasteiger partial charge in [0.2, 0.25) is 21.8 Å². The van der Waals surface area contributed by atoms with E-state index in [2.05, 4.69) is 20.3 Å². The number of fused-ring (bicyclic) bond motifs is 4. The monoisotopic (exact) mass is 828 g/mol. The quantitative estimate of drug-likeness (QED) is 0.310. The van der Waals surface area contributed by atoms with E-state index < -0.39 is 91.1 Å². The number of carbonyl (C=O) groups excluding carboxylic acids is 5. The number of halogens is 1. The van der Waals surface area contributed by atoms with Gasteiger partial charge in [-0.15, -0.1) is 11.3 Å². The lowest BCUT2D eigenvalue weighted by Gasteiger charge is -2.33. The molecular weight excluding hydrogens is 780 g/mol. The van der Waals surface area contributed by atoms with Crippen LogP contribution in [0.4, 0.5) is 9.18 Å². The second-order valence-corrected chi connectivity index (χ2v) is 20.2. The Morgan fingerprint density at radius 2 is 1.86 bits per heavy atom. The molecule has 4 N–H and O–H groups in total. The number of allylic oxidation sites excluding steroid dienone is 1. The molecule has 2 saturated heterocycles. The van der Waals surface area contributed by atoms with E-state index in [1.54, 1.807) is 38.0 Å². The van der Waals surface area contributed by atoms with E-state index in [1.807, 2.05) is 12.2 Å². The molecule has 18 heteroatoms. The number of carbonyl (C=O) groups is 5. The van der Waals surface area contributed by atoms with Gasteiger partial charge in [0.05, 0.1) is 10.4 Å². The molecule has 15 nitrogen and oxygen atoms in total. The molecule has 0 bridgehead atoms. The predicted molar refractivity (Wildman–Crippen MR) is 207 cm³/mol. The van der Waals surface area contributed by atoms with Crippen molar-refractivity contribution in [1.29, 1.82) is 0 Å². The number of aromatic nitrogens is 1. The number of benzene rings is 1. The summed E-state index contributed by atoms with van der Waals surface area (Å²) < 4.78 is 47.1. The van der Waals surface area contributed by atoms with Crippen molar-refractivity contribution in [3.8, 4) is 17.0 Å². The van der Waals surface area contributed by atoms with Crippen LogP contribution >= 0.6 is 11.3 Å². The fraction of sp³-hybridized carbons (Fsp3) is 0.590. The molecule has 1 aromatic carbocycles. The SMILES string of the molecule is CC(C)(C)OC(=O)N[C@H]1CCCCC/C=C\[C@@H]2C[C@]2(C(=O)NS(=O)(=O)C2(C)CC2)NC(=O)[C@@H]2[C@H]3CN(C(=O)c4nc(-c5ccc(O)c(F)c5)cs4)C[C@H]3CN2C1=O. The maximum Gasteiger partial charge on any atom is 0.408 e. The number of hydrogen-bond acceptors (Lipinski definition) is 11. The molecule has 308 valence electrons. The number of alkyl carbamates (subject to hydrolysis) is 1. The minimum atomic E-state index is -4.04. The van der Waals surface area contributed by atoms with E-state index in [9.17, 15) is 41.9 Å². The van der Waals surface area contributed by atoms with Gasteiger partial charge in [0, 0.05) is 48.3 Å². The summed E-state index contributed by atoms with van der Waals surface area (Å²) in [6, 6.07) is 1.61. The number of sulfonamides is 1. The smallest absolute Gasteiger partial charge is 0.408 e. The molecular formula is C39H49FN6O9S2. The first-order chi connectivity index (χ1) is 26.8. The van der Waals surface area contributed by atoms with Crippen LogP contribution in [-0.4, -0.2) is 106 Å². The summed E-state index contributed by atoms with van der Waals surface area (Å²) in [5.41, 5.74) is -1.69. The normalized spacial score (nSPS) is 29.1. The highest BCUT2D eigenvalue weighted by Gasteiger charge is 2.64. The van der Waals surface area contributed by atoms with Gasteiger partial charge in [-0.1, -0.05) is 25.0 Å². The lowest BCUT2D eigenvalue weighted by Crippen LogP contribution is -2.60. The first-order valence-corrected chi connectivity index (χ1v) is 21.8. The molecule has 2 aromatic rings. The highest BCUT2D eigenvalue weighted by atomic mass is 32.2. The van der Waals surface area contributed by atoms with Crippen LogP contribution in [0.15, 0.2) is 35.7 Å². The molecule has 5 aliphatic rings. The number of nitrogens with zero attached hydrogens (tertiary/aromatic N) is 3. The summed E-state index contributed by atoms with van der Waals surface area (Å²) in [5.74, 6) is -5.18. The van der Waals surface area contributed by atoms with Crippen molar-refractivity contribution in [2.75, 3.05) is 19.6 Å². The number of nitrogens with one attached hydrogen (secondary N) is 3. The Hall–Kier alpha value is -4.58. The number of ether oxygens (including phenoxy) is 1. The van der Waals surface area contributed by atoms with Gasteiger partial charge in [0.1, 0.15) is 23.2 Å². The summed E-state index contributed by atoms with van der Waals surface area (Å²) in [6.07, 6.45) is 7.00. The topological polar surface area (TPSA) is 204 Å². The number of hydrogen-bond donors (Lipinski definition) is 4. The Kier molecular flexibility index (Phi) is 10.7. The molecule has 1 aromatic heterocycles. The molecule has 2 saturated carbocycles. The number of phenolic OH excluding ortho intramolecular Hbond substituents is 1. The largest absolute Gasteiger partial charge is 0.505 e. The number of aromatic hydroxyl groups is 1. The third-order valence-corrected chi connectivity index (χ3v) is 14.7. The average molecular weight is 829 g/mol. The van der Waals surface area contributed by atoms with Crippen molar-refractivity contribution in [3.63, 3.8) is 0 Å². The number of phenols is 1. The second-order valence-electron chi connectivity index (χ2n) is 17.2. The molecule has 0 spiro atoms. The van der Waals surface area contributed by atoms with E-state index in [-0.39, 0.29) is 43.4 Å². The molecule has 2 aliphatic carbocycles. The Morgan fingerprint density at radius 3 is 2.56 bits per heavy atom. The number of rotatable bonds is 6. The zero-order chi connectivity index (χ0) is 41.1. The lowest BCUT2D eigenvalue weighted by atomic mass is 9.93. The van der Waals surface area contributed by atoms with Gasteiger partial charge < -0.3 is 30.3 Å². The maximum atomic E-state index is 14.7. The van der Waals surface area contributed by atoms with Crippen LogP contribution in [0.1, 0.15) is 88.9 Å². The van der Waals surface area contributed by atoms with Gasteiger partial charge in [-0.3, -0.25) is 23.9 Å². The fourth-order valence-corrected chi connectivity index (χ4v) is 10.2. The van der Waals surface area contributed by atoms with Gasteiger partial charge in [-0.05, 0) is 84.4 Å². The molecule has 4 fully saturated rings. The molecule has 5 amide bonds. The highest BCUT2D eigenvalue weighted by Crippen LogP contribution is 2.48. The van der Waals surface area contributed by atoms with Crippen LogP contribution in [0.2, 0.25) is 0 Å². The molecule has 4 heterocycles. The van der Waals surface area contributed by atoms with Crippen LogP contribution in [0.3, 0.4) is 0 Å². The van der Waals surface area contributed by atoms with Crippen LogP contribution in [0, 0.1) is 23.6 Å². The Bertz CT molecular complexity index is 2110. The van der Waals surface area contributed by atoms with Crippen molar-refractivity contribution in [2.45, 2.75) is 107 Å². The van der Waals surface area contributed by atoms with Gasteiger partial charge >= 0.3 is 6.09 Å². The van der Waals surface area contributed by atoms with Crippen molar-refractivity contribution in [3.05, 3.63) is 46.6 Å². The summed E-state index contributed by atoms with van der Waals surface area (Å²) in [7, 11) is -4.04. The summed E-state index contributed by atoms with van der Waals surface area (Å²) in [4.78, 5) is 77.5. The summed E-state index contributed by atoms with van der Waals surface area (Å²) in [5, 5.41) is 17.0. The fourth-order valence-electron chi connectivity index (χ4n) is 8.09. The van der Waals surface area contributed by atoms with E-state index >= 15 is 0 Å². The van der Waals surface area contributed by atoms with Crippen molar-refractivity contribution in [2.24, 2.45) is 17.8 Å². The first-order valence-electron chi connectivity index (χ1n) is 19.4. The number of thiazole rings is 1. The van der Waals surface area contributed by atoms with Gasteiger partial charge in [0.15, 0.2) is 16.6 Å². The zero-order valence-electron chi connectivity index (χ0n) is 32.4. The predicted octanol–water partition coefficient (Wildman–Crippen LogP) is 3.84. The van der Waals surface area contributed by atoms with Crippen molar-refractivity contribution < 1.29 is 46.6 Å². The van der Waals surface area contributed by atoms with E-state index in [0.717, 1.165) is 30.2 Å². The van der Waals surface area contributed by atoms with Gasteiger partial charge in [0.25, 0.3) is 11.8 Å². The molecule has 0 unspecified atom stereocenters. The number of likely N-dealkylation sites (tertiary alicyclic amines) is 1. The standard InChI is InChI=1S/C39H49FN6O9S2/c1-37(2,3)55-36(52)42-27-11-9-7-5-6-8-10-24-17-39(24,35(51)44-57(53,54)38(4)14-15-38)43-31(48)30-25-20-45(18-23(25)19-46(30)33(27)49)34(50)32-41-28(21-56-32)22-12-13-29(47)26(40)16-22/h8,10,12-13,16,21,23-25,27,30,47H,5-7,9,11,14-15,17-20H2,1-4H3,(H,42,52)(H,43,48)(H,44,51)/b10-8-/t23-,24+,25-,27-,30-,39-/m0/s1. The molecule has 6 atom stereocenters. The number of amides is 5. The van der Waals surface area contributed by atoms with Crippen LogP contribution in [0.25, 0.3) is 11.3 Å². The van der Waals surface area contributed by atoms with Gasteiger partial charge in [-0.25, -0.2) is 22.6 Å². The van der Waals surface area contributed by atoms with Crippen molar-refractivity contribution >= 4 is 51.1 Å². The molecule has 7 rings (SSSR count). The van der Waals surface area contributed by atoms with Crippen LogP contribution < -0.4 is 15.4 Å². The summed E-state index contributed by atoms with van der Waals surface area (Å²) >= 11 is 1.07. The van der Waals surface area contributed by atoms with E-state index in [4.69, 9.17) is 4.74 Å². The average Bonchev–Trinajstić information content (AvgIpc) is 3.81. The minimum Gasteiger partial charge on any atom is -0.505 e. The Morgan fingerprint density at radius 1 is 1.11 bits per heavy atom. The maximum absolute atomic E-state index is 14.7.